The molecule has 0 aliphatic carbocycles. The highest BCUT2D eigenvalue weighted by atomic mass is 127. The number of phenolic OH excluding ortho intramolecular Hbond substituents is 1. The quantitative estimate of drug-likeness (QED) is 0.219. The molecule has 4 heteroatoms. The Morgan fingerprint density at radius 1 is 0.800 bits per heavy atom. The molecule has 0 radical (unpaired) electrons. The van der Waals surface area contributed by atoms with Gasteiger partial charge in [-0.1, -0.05) is 57.4 Å². The van der Waals surface area contributed by atoms with Gasteiger partial charge in [0.15, 0.2) is 0 Å². The van der Waals surface area contributed by atoms with Crippen LogP contribution >= 0.6 is 0 Å². The Bertz CT molecular complexity index is 438. The summed E-state index contributed by atoms with van der Waals surface area (Å²) >= 11 is 0. The number of quaternary nitrogens is 1. The minimum atomic E-state index is 0. The lowest BCUT2D eigenvalue weighted by Gasteiger charge is -2.07. The predicted molar refractivity (Wildman–Crippen MR) is 105 cm³/mol. The van der Waals surface area contributed by atoms with Crippen LogP contribution in [0, 0.1) is 0 Å². The molecule has 0 unspecified atom stereocenters. The molecule has 1 aromatic carbocycles. The van der Waals surface area contributed by atoms with Crippen molar-refractivity contribution >= 4 is 5.69 Å². The van der Waals surface area contributed by atoms with Gasteiger partial charge in [0, 0.05) is 11.8 Å². The van der Waals surface area contributed by atoms with Crippen LogP contribution in [0.5, 0.6) is 5.75 Å². The molecule has 0 aromatic heterocycles. The first kappa shape index (κ1) is 24.5. The van der Waals surface area contributed by atoms with Crippen LogP contribution in [0.15, 0.2) is 18.2 Å². The molecular formula is C21H39IN2O. The molecule has 0 heterocycles. The summed E-state index contributed by atoms with van der Waals surface area (Å²) in [4.78, 5) is 1.57. The maximum Gasteiger partial charge on any atom is 0.120 e. The largest absolute Gasteiger partial charge is 1.00 e. The molecule has 146 valence electrons. The van der Waals surface area contributed by atoms with Crippen LogP contribution in [-0.2, 0) is 6.42 Å². The highest BCUT2D eigenvalue weighted by molar-refractivity contribution is 5.47. The average molecular weight is 462 g/mol. The lowest BCUT2D eigenvalue weighted by atomic mass is 10.0. The summed E-state index contributed by atoms with van der Waals surface area (Å²) < 4.78 is 0. The van der Waals surface area contributed by atoms with Gasteiger partial charge in [0.2, 0.25) is 0 Å². The summed E-state index contributed by atoms with van der Waals surface area (Å²) in [5, 5.41) is 9.81. The number of aryl methyl sites for hydroxylation is 1. The van der Waals surface area contributed by atoms with Gasteiger partial charge in [-0.15, -0.1) is 0 Å². The molecule has 0 saturated carbocycles. The zero-order valence-corrected chi connectivity index (χ0v) is 18.5. The molecule has 0 bridgehead atoms. The second-order valence-corrected chi connectivity index (χ2v) is 7.48. The Kier molecular flexibility index (Phi) is 15.4. The van der Waals surface area contributed by atoms with Crippen LogP contribution in [0.25, 0.3) is 0 Å². The van der Waals surface area contributed by atoms with Crippen molar-refractivity contribution in [2.45, 2.75) is 77.0 Å². The fourth-order valence-electron chi connectivity index (χ4n) is 3.18. The van der Waals surface area contributed by atoms with Gasteiger partial charge in [-0.25, -0.2) is 0 Å². The summed E-state index contributed by atoms with van der Waals surface area (Å²) in [5.41, 5.74) is 7.31. The zero-order chi connectivity index (χ0) is 17.6. The van der Waals surface area contributed by atoms with E-state index in [0.717, 1.165) is 18.4 Å². The Morgan fingerprint density at radius 2 is 1.28 bits per heavy atom. The number of aromatic hydroxyl groups is 1. The van der Waals surface area contributed by atoms with Crippen LogP contribution in [0.3, 0.4) is 0 Å². The van der Waals surface area contributed by atoms with Crippen molar-refractivity contribution in [3.05, 3.63) is 23.8 Å². The van der Waals surface area contributed by atoms with Gasteiger partial charge in [-0.3, -0.25) is 0 Å². The van der Waals surface area contributed by atoms with Crippen LogP contribution in [0.2, 0.25) is 0 Å². The van der Waals surface area contributed by atoms with E-state index >= 15 is 0 Å². The highest BCUT2D eigenvalue weighted by Crippen LogP contribution is 2.22. The van der Waals surface area contributed by atoms with Crippen molar-refractivity contribution < 1.29 is 34.0 Å². The van der Waals surface area contributed by atoms with E-state index in [9.17, 15) is 5.11 Å². The van der Waals surface area contributed by atoms with Crippen molar-refractivity contribution in [2.24, 2.45) is 0 Å². The number of anilines is 1. The SMILES string of the molecule is C[NH+](C)CCCCCCCCCCCCCc1ccc(N)cc1O.[I-]. The first-order valence-electron chi connectivity index (χ1n) is 9.96. The molecule has 1 rings (SSSR count). The molecule has 3 nitrogen and oxygen atoms in total. The van der Waals surface area contributed by atoms with Gasteiger partial charge < -0.3 is 39.7 Å². The third-order valence-electron chi connectivity index (χ3n) is 4.73. The standard InChI is InChI=1S/C21H38N2O.HI/c1-23(2)17-13-11-9-7-5-3-4-6-8-10-12-14-19-15-16-20(22)18-21(19)24;/h15-16,18,24H,3-14,17,22H2,1-2H3;1H. The monoisotopic (exact) mass is 462 g/mol. The van der Waals surface area contributed by atoms with Crippen LogP contribution in [0.4, 0.5) is 5.69 Å². The smallest absolute Gasteiger partial charge is 0.120 e. The number of benzene rings is 1. The fraction of sp³-hybridized carbons (Fsp3) is 0.714. The number of unbranched alkanes of at least 4 members (excludes halogenated alkanes) is 10. The van der Waals surface area contributed by atoms with Crippen molar-refractivity contribution in [2.75, 3.05) is 26.4 Å². The molecule has 0 spiro atoms. The van der Waals surface area contributed by atoms with Gasteiger partial charge in [-0.2, -0.15) is 0 Å². The van der Waals surface area contributed by atoms with Crippen LogP contribution in [0.1, 0.15) is 76.2 Å². The van der Waals surface area contributed by atoms with Crippen LogP contribution in [-0.4, -0.2) is 25.7 Å². The molecule has 25 heavy (non-hydrogen) atoms. The van der Waals surface area contributed by atoms with Crippen molar-refractivity contribution in [3.8, 4) is 5.75 Å². The van der Waals surface area contributed by atoms with E-state index in [1.165, 1.54) is 70.8 Å². The third-order valence-corrected chi connectivity index (χ3v) is 4.73. The lowest BCUT2D eigenvalue weighted by molar-refractivity contribution is -0.858. The second kappa shape index (κ2) is 15.7. The second-order valence-electron chi connectivity index (χ2n) is 7.48. The van der Waals surface area contributed by atoms with E-state index in [2.05, 4.69) is 14.1 Å². The number of rotatable bonds is 14. The Labute approximate surface area is 172 Å². The maximum atomic E-state index is 9.81. The number of nitrogens with two attached hydrogens (primary N) is 1. The first-order valence-corrected chi connectivity index (χ1v) is 9.96. The van der Waals surface area contributed by atoms with Crippen molar-refractivity contribution in [3.63, 3.8) is 0 Å². The van der Waals surface area contributed by atoms with E-state index < -0.39 is 0 Å². The zero-order valence-electron chi connectivity index (χ0n) is 16.3. The number of hydrogen-bond donors (Lipinski definition) is 3. The van der Waals surface area contributed by atoms with Crippen molar-refractivity contribution in [1.82, 2.24) is 0 Å². The van der Waals surface area contributed by atoms with Gasteiger partial charge in [0.1, 0.15) is 5.75 Å². The molecule has 0 atom stereocenters. The summed E-state index contributed by atoms with van der Waals surface area (Å²) in [7, 11) is 4.47. The molecular weight excluding hydrogens is 423 g/mol. The summed E-state index contributed by atoms with van der Waals surface area (Å²) in [5.74, 6) is 0.349. The minimum Gasteiger partial charge on any atom is -1.00 e. The number of nitrogen functional groups attached to an aromatic ring is 1. The van der Waals surface area contributed by atoms with Crippen LogP contribution < -0.4 is 34.6 Å². The van der Waals surface area contributed by atoms with Gasteiger partial charge in [0.25, 0.3) is 0 Å². The van der Waals surface area contributed by atoms with Gasteiger partial charge >= 0.3 is 0 Å². The van der Waals surface area contributed by atoms with E-state index in [1.807, 2.05) is 12.1 Å². The Hall–Kier alpha value is -0.490. The lowest BCUT2D eigenvalue weighted by Crippen LogP contribution is -3.05. The molecule has 0 saturated heterocycles. The number of phenols is 1. The normalized spacial score (nSPS) is 10.8. The highest BCUT2D eigenvalue weighted by Gasteiger charge is 2.01. The Morgan fingerprint density at radius 3 is 1.76 bits per heavy atom. The van der Waals surface area contributed by atoms with Crippen molar-refractivity contribution in [1.29, 1.82) is 0 Å². The number of halogens is 1. The van der Waals surface area contributed by atoms with E-state index in [0.29, 0.717) is 11.4 Å². The van der Waals surface area contributed by atoms with E-state index in [4.69, 9.17) is 5.73 Å². The summed E-state index contributed by atoms with van der Waals surface area (Å²) in [6.45, 7) is 1.31. The molecule has 0 fully saturated rings. The molecule has 0 aliphatic rings. The summed E-state index contributed by atoms with van der Waals surface area (Å²) in [6, 6.07) is 5.47. The van der Waals surface area contributed by atoms with Gasteiger partial charge in [0.05, 0.1) is 20.6 Å². The predicted octanol–water partition coefficient (Wildman–Crippen LogP) is 0.957. The van der Waals surface area contributed by atoms with Gasteiger partial charge in [-0.05, 0) is 37.3 Å². The number of nitrogens with one attached hydrogen (secondary N) is 1. The first-order chi connectivity index (χ1) is 11.6. The van der Waals surface area contributed by atoms with E-state index in [-0.39, 0.29) is 24.0 Å². The molecule has 4 N–H and O–H groups in total. The minimum absolute atomic E-state index is 0. The maximum absolute atomic E-state index is 9.81. The molecule has 0 amide bonds. The fourth-order valence-corrected chi connectivity index (χ4v) is 3.18. The Balaban J connectivity index is 0.00000576. The molecule has 0 aliphatic heterocycles. The van der Waals surface area contributed by atoms with E-state index in [1.54, 1.807) is 11.0 Å². The molecule has 1 aromatic rings. The average Bonchev–Trinajstić information content (AvgIpc) is 2.53. The summed E-state index contributed by atoms with van der Waals surface area (Å²) in [6.07, 6.45) is 15.9. The number of hydrogen-bond acceptors (Lipinski definition) is 2. The topological polar surface area (TPSA) is 50.7 Å². The third kappa shape index (κ3) is 13.4.